The lowest BCUT2D eigenvalue weighted by molar-refractivity contribution is 0.519. The van der Waals surface area contributed by atoms with Crippen molar-refractivity contribution in [2.75, 3.05) is 20.1 Å². The SMILES string of the molecule is CNCC(C)CNS(=O)(=O)c1ccc(Cl)s1. The summed E-state index contributed by atoms with van der Waals surface area (Å²) in [6.45, 7) is 3.16. The van der Waals surface area contributed by atoms with Crippen molar-refractivity contribution in [1.82, 2.24) is 10.0 Å². The Bertz CT molecular complexity index is 430. The van der Waals surface area contributed by atoms with Crippen molar-refractivity contribution in [3.63, 3.8) is 0 Å². The van der Waals surface area contributed by atoms with Crippen molar-refractivity contribution in [3.8, 4) is 0 Å². The van der Waals surface area contributed by atoms with Crippen LogP contribution in [0.15, 0.2) is 16.3 Å². The van der Waals surface area contributed by atoms with E-state index in [1.165, 1.54) is 6.07 Å². The van der Waals surface area contributed by atoms with E-state index in [1.54, 1.807) is 6.07 Å². The van der Waals surface area contributed by atoms with Crippen LogP contribution in [-0.2, 0) is 10.0 Å². The fraction of sp³-hybridized carbons (Fsp3) is 0.556. The maximum Gasteiger partial charge on any atom is 0.250 e. The highest BCUT2D eigenvalue weighted by Gasteiger charge is 2.16. The molecule has 0 amide bonds. The predicted octanol–water partition coefficient (Wildman–Crippen LogP) is 1.54. The Balaban J connectivity index is 2.59. The molecule has 0 aliphatic carbocycles. The Morgan fingerprint density at radius 3 is 2.62 bits per heavy atom. The molecule has 1 aromatic rings. The Kier molecular flexibility index (Phi) is 5.20. The molecule has 0 spiro atoms. The average Bonchev–Trinajstić information content (AvgIpc) is 2.63. The van der Waals surface area contributed by atoms with Gasteiger partial charge in [-0.3, -0.25) is 0 Å². The molecule has 7 heteroatoms. The minimum absolute atomic E-state index is 0.246. The molecule has 16 heavy (non-hydrogen) atoms. The number of nitrogens with one attached hydrogen (secondary N) is 2. The van der Waals surface area contributed by atoms with Gasteiger partial charge in [-0.05, 0) is 31.6 Å². The first kappa shape index (κ1) is 13.9. The zero-order valence-corrected chi connectivity index (χ0v) is 11.5. The van der Waals surface area contributed by atoms with Crippen LogP contribution >= 0.6 is 22.9 Å². The minimum atomic E-state index is -3.40. The second kappa shape index (κ2) is 5.97. The van der Waals surface area contributed by atoms with Gasteiger partial charge in [0.05, 0.1) is 4.34 Å². The van der Waals surface area contributed by atoms with E-state index in [-0.39, 0.29) is 10.1 Å². The quantitative estimate of drug-likeness (QED) is 0.832. The lowest BCUT2D eigenvalue weighted by atomic mass is 10.2. The predicted molar refractivity (Wildman–Crippen MR) is 67.6 cm³/mol. The number of hydrogen-bond acceptors (Lipinski definition) is 4. The van der Waals surface area contributed by atoms with Crippen molar-refractivity contribution in [2.24, 2.45) is 5.92 Å². The number of rotatable bonds is 6. The summed E-state index contributed by atoms with van der Waals surface area (Å²) < 4.78 is 26.8. The highest BCUT2D eigenvalue weighted by molar-refractivity contribution is 7.91. The van der Waals surface area contributed by atoms with Crippen molar-refractivity contribution in [2.45, 2.75) is 11.1 Å². The standard InChI is InChI=1S/C9H15ClN2O2S2/c1-7(5-11-2)6-12-16(13,14)9-4-3-8(10)15-9/h3-4,7,11-12H,5-6H2,1-2H3. The fourth-order valence-corrected chi connectivity index (χ4v) is 3.88. The van der Waals surface area contributed by atoms with Crippen LogP contribution in [0.25, 0.3) is 0 Å². The van der Waals surface area contributed by atoms with Crippen LogP contribution in [0.1, 0.15) is 6.92 Å². The molecule has 1 aromatic heterocycles. The van der Waals surface area contributed by atoms with Gasteiger partial charge >= 0.3 is 0 Å². The molecule has 92 valence electrons. The van der Waals surface area contributed by atoms with Crippen molar-refractivity contribution in [3.05, 3.63) is 16.5 Å². The van der Waals surface area contributed by atoms with Gasteiger partial charge in [0.1, 0.15) is 4.21 Å². The molecule has 0 aliphatic rings. The molecule has 0 aliphatic heterocycles. The first-order valence-corrected chi connectivity index (χ1v) is 7.53. The average molecular weight is 283 g/mol. The van der Waals surface area contributed by atoms with E-state index in [0.29, 0.717) is 10.9 Å². The van der Waals surface area contributed by atoms with E-state index < -0.39 is 10.0 Å². The lowest BCUT2D eigenvalue weighted by Gasteiger charge is -2.11. The second-order valence-electron chi connectivity index (χ2n) is 3.57. The highest BCUT2D eigenvalue weighted by atomic mass is 35.5. The van der Waals surface area contributed by atoms with E-state index in [9.17, 15) is 8.42 Å². The van der Waals surface area contributed by atoms with Gasteiger partial charge < -0.3 is 5.32 Å². The molecule has 1 heterocycles. The van der Waals surface area contributed by atoms with E-state index in [2.05, 4.69) is 10.0 Å². The van der Waals surface area contributed by atoms with Crippen LogP contribution in [0, 0.1) is 5.92 Å². The third-order valence-corrected chi connectivity index (χ3v) is 5.13. The highest BCUT2D eigenvalue weighted by Crippen LogP contribution is 2.25. The van der Waals surface area contributed by atoms with Crippen LogP contribution in [0.2, 0.25) is 4.34 Å². The summed E-state index contributed by atoms with van der Waals surface area (Å²) in [5.74, 6) is 0.246. The van der Waals surface area contributed by atoms with E-state index in [4.69, 9.17) is 11.6 Å². The van der Waals surface area contributed by atoms with Crippen LogP contribution in [0.4, 0.5) is 0 Å². The van der Waals surface area contributed by atoms with Gasteiger partial charge in [0.25, 0.3) is 0 Å². The molecule has 2 N–H and O–H groups in total. The van der Waals surface area contributed by atoms with Crippen molar-refractivity contribution >= 4 is 33.0 Å². The van der Waals surface area contributed by atoms with Crippen molar-refractivity contribution in [1.29, 1.82) is 0 Å². The number of sulfonamides is 1. The Morgan fingerprint density at radius 2 is 2.12 bits per heavy atom. The first-order chi connectivity index (χ1) is 7.45. The van der Waals surface area contributed by atoms with Crippen LogP contribution in [0.5, 0.6) is 0 Å². The zero-order chi connectivity index (χ0) is 12.2. The van der Waals surface area contributed by atoms with Gasteiger partial charge in [0, 0.05) is 6.54 Å². The largest absolute Gasteiger partial charge is 0.319 e. The van der Waals surface area contributed by atoms with Gasteiger partial charge in [-0.2, -0.15) is 0 Å². The van der Waals surface area contributed by atoms with Gasteiger partial charge in [0.2, 0.25) is 10.0 Å². The smallest absolute Gasteiger partial charge is 0.250 e. The number of thiophene rings is 1. The molecule has 1 unspecified atom stereocenters. The zero-order valence-electron chi connectivity index (χ0n) is 9.16. The van der Waals surface area contributed by atoms with Crippen LogP contribution in [0.3, 0.4) is 0 Å². The number of hydrogen-bond donors (Lipinski definition) is 2. The third-order valence-electron chi connectivity index (χ3n) is 1.99. The Hall–Kier alpha value is -0.140. The topological polar surface area (TPSA) is 58.2 Å². The van der Waals surface area contributed by atoms with E-state index in [0.717, 1.165) is 17.9 Å². The molecule has 1 atom stereocenters. The van der Waals surface area contributed by atoms with Gasteiger partial charge in [-0.15, -0.1) is 11.3 Å². The molecule has 0 radical (unpaired) electrons. The molecule has 0 aromatic carbocycles. The summed E-state index contributed by atoms with van der Waals surface area (Å²) in [4.78, 5) is 0. The van der Waals surface area contributed by atoms with Crippen molar-refractivity contribution < 1.29 is 8.42 Å². The normalized spacial score (nSPS) is 13.9. The van der Waals surface area contributed by atoms with Gasteiger partial charge in [-0.25, -0.2) is 13.1 Å². The van der Waals surface area contributed by atoms with Gasteiger partial charge in [-0.1, -0.05) is 18.5 Å². The summed E-state index contributed by atoms with van der Waals surface area (Å²) in [6.07, 6.45) is 0. The van der Waals surface area contributed by atoms with E-state index >= 15 is 0 Å². The first-order valence-electron chi connectivity index (χ1n) is 4.85. The molecule has 0 saturated heterocycles. The molecular weight excluding hydrogens is 268 g/mol. The summed E-state index contributed by atoms with van der Waals surface area (Å²) >= 11 is 6.75. The molecule has 0 bridgehead atoms. The third kappa shape index (κ3) is 4.03. The van der Waals surface area contributed by atoms with Crippen LogP contribution < -0.4 is 10.0 Å². The summed E-state index contributed by atoms with van der Waals surface area (Å²) in [7, 11) is -1.56. The monoisotopic (exact) mass is 282 g/mol. The second-order valence-corrected chi connectivity index (χ2v) is 7.28. The maximum atomic E-state index is 11.8. The van der Waals surface area contributed by atoms with Gasteiger partial charge in [0.15, 0.2) is 0 Å². The summed E-state index contributed by atoms with van der Waals surface area (Å²) in [6, 6.07) is 3.09. The van der Waals surface area contributed by atoms with Crippen LogP contribution in [-0.4, -0.2) is 28.6 Å². The minimum Gasteiger partial charge on any atom is -0.319 e. The van der Waals surface area contributed by atoms with E-state index in [1.807, 2.05) is 14.0 Å². The number of halogens is 1. The summed E-state index contributed by atoms with van der Waals surface area (Å²) in [5, 5.41) is 2.99. The molecule has 0 fully saturated rings. The summed E-state index contributed by atoms with van der Waals surface area (Å²) in [5.41, 5.74) is 0. The Labute approximate surface area is 105 Å². The molecule has 0 saturated carbocycles. The Morgan fingerprint density at radius 1 is 1.44 bits per heavy atom. The fourth-order valence-electron chi connectivity index (χ4n) is 1.19. The molecule has 1 rings (SSSR count). The molecular formula is C9H15ClN2O2S2. The molecule has 4 nitrogen and oxygen atoms in total. The maximum absolute atomic E-state index is 11.8. The lowest BCUT2D eigenvalue weighted by Crippen LogP contribution is -2.31.